The number of nitrogens with zero attached hydrogens (tertiary/aromatic N) is 1. The molecule has 2 rings (SSSR count). The number of hydrogen-bond donors (Lipinski definition) is 1. The number of hydrogen-bond acceptors (Lipinski definition) is 3. The molecular weight excluding hydrogens is 262 g/mol. The van der Waals surface area contributed by atoms with E-state index in [0.29, 0.717) is 18.5 Å². The molecule has 1 aliphatic rings. The molecule has 0 aromatic heterocycles. The summed E-state index contributed by atoms with van der Waals surface area (Å²) in [6, 6.07) is 7.20. The Balaban J connectivity index is 2.23. The van der Waals surface area contributed by atoms with Crippen molar-refractivity contribution in [2.75, 3.05) is 12.8 Å². The van der Waals surface area contributed by atoms with Crippen LogP contribution in [0.25, 0.3) is 0 Å². The van der Waals surface area contributed by atoms with E-state index in [4.69, 9.17) is 5.11 Å². The summed E-state index contributed by atoms with van der Waals surface area (Å²) in [4.78, 5) is 26.2. The quantitative estimate of drug-likeness (QED) is 0.863. The number of likely N-dealkylation sites (tertiary alicyclic amines) is 1. The first-order valence-corrected chi connectivity index (χ1v) is 7.45. The Hall–Kier alpha value is -1.49. The summed E-state index contributed by atoms with van der Waals surface area (Å²) in [5, 5.41) is 9.11. The standard InChI is InChI=1S/C14H17NO3S/c1-9-10(14(17)18)7-8-15(9)13(16)11-5-3-4-6-12(11)19-2/h3-6,9-10H,7-8H2,1-2H3,(H,17,18). The number of carboxylic acid groups (broad SMARTS) is 1. The van der Waals surface area contributed by atoms with E-state index < -0.39 is 11.9 Å². The van der Waals surface area contributed by atoms with Crippen LogP contribution in [0.3, 0.4) is 0 Å². The highest BCUT2D eigenvalue weighted by molar-refractivity contribution is 7.98. The highest BCUT2D eigenvalue weighted by atomic mass is 32.2. The fraction of sp³-hybridized carbons (Fsp3) is 0.429. The number of carbonyl (C=O) groups is 2. The Labute approximate surface area is 116 Å². The number of carbonyl (C=O) groups excluding carboxylic acids is 1. The smallest absolute Gasteiger partial charge is 0.308 e. The predicted octanol–water partition coefficient (Wildman–Crippen LogP) is 2.34. The predicted molar refractivity (Wildman–Crippen MR) is 74.5 cm³/mol. The molecule has 1 aliphatic heterocycles. The van der Waals surface area contributed by atoms with E-state index in [1.54, 1.807) is 11.0 Å². The maximum Gasteiger partial charge on any atom is 0.308 e. The van der Waals surface area contributed by atoms with Gasteiger partial charge in [-0.1, -0.05) is 12.1 Å². The Bertz CT molecular complexity index is 503. The fourth-order valence-corrected chi connectivity index (χ4v) is 3.12. The summed E-state index contributed by atoms with van der Waals surface area (Å²) in [5.74, 6) is -1.34. The highest BCUT2D eigenvalue weighted by Gasteiger charge is 2.38. The molecule has 1 amide bonds. The van der Waals surface area contributed by atoms with Gasteiger partial charge in [-0.25, -0.2) is 0 Å². The van der Waals surface area contributed by atoms with E-state index in [2.05, 4.69) is 0 Å². The molecule has 0 saturated carbocycles. The van der Waals surface area contributed by atoms with Gasteiger partial charge in [0, 0.05) is 17.5 Å². The van der Waals surface area contributed by atoms with E-state index in [9.17, 15) is 9.59 Å². The van der Waals surface area contributed by atoms with Gasteiger partial charge in [0.15, 0.2) is 0 Å². The average molecular weight is 279 g/mol. The minimum Gasteiger partial charge on any atom is -0.481 e. The Kier molecular flexibility index (Phi) is 4.14. The molecule has 0 bridgehead atoms. The van der Waals surface area contributed by atoms with Crippen molar-refractivity contribution in [1.82, 2.24) is 4.90 Å². The van der Waals surface area contributed by atoms with Crippen molar-refractivity contribution in [2.45, 2.75) is 24.3 Å². The van der Waals surface area contributed by atoms with Gasteiger partial charge >= 0.3 is 5.97 Å². The number of carboxylic acids is 1. The molecule has 0 spiro atoms. The number of thioether (sulfide) groups is 1. The van der Waals surface area contributed by atoms with Gasteiger partial charge in [0.1, 0.15) is 0 Å². The molecule has 1 heterocycles. The summed E-state index contributed by atoms with van der Waals surface area (Å²) in [6.45, 7) is 2.32. The molecule has 4 nitrogen and oxygen atoms in total. The van der Waals surface area contributed by atoms with Gasteiger partial charge in [0.25, 0.3) is 5.91 Å². The van der Waals surface area contributed by atoms with Gasteiger partial charge < -0.3 is 10.0 Å². The Morgan fingerprint density at radius 2 is 2.05 bits per heavy atom. The Morgan fingerprint density at radius 1 is 1.37 bits per heavy atom. The lowest BCUT2D eigenvalue weighted by Gasteiger charge is -2.24. The monoisotopic (exact) mass is 279 g/mol. The van der Waals surface area contributed by atoms with E-state index in [1.165, 1.54) is 11.8 Å². The Morgan fingerprint density at radius 3 is 2.63 bits per heavy atom. The summed E-state index contributed by atoms with van der Waals surface area (Å²) in [7, 11) is 0. The highest BCUT2D eigenvalue weighted by Crippen LogP contribution is 2.28. The van der Waals surface area contributed by atoms with Gasteiger partial charge in [-0.2, -0.15) is 0 Å². The van der Waals surface area contributed by atoms with Crippen molar-refractivity contribution >= 4 is 23.6 Å². The third-order valence-electron chi connectivity index (χ3n) is 3.67. The van der Waals surface area contributed by atoms with Gasteiger partial charge in [0.05, 0.1) is 11.5 Å². The van der Waals surface area contributed by atoms with E-state index >= 15 is 0 Å². The summed E-state index contributed by atoms with van der Waals surface area (Å²) in [5.41, 5.74) is 0.660. The summed E-state index contributed by atoms with van der Waals surface area (Å²) >= 11 is 1.53. The molecule has 2 unspecified atom stereocenters. The van der Waals surface area contributed by atoms with Crippen LogP contribution in [0.1, 0.15) is 23.7 Å². The second-order valence-corrected chi connectivity index (χ2v) is 5.52. The normalized spacial score (nSPS) is 22.5. The number of rotatable bonds is 3. The van der Waals surface area contributed by atoms with Crippen molar-refractivity contribution in [3.63, 3.8) is 0 Å². The zero-order valence-corrected chi connectivity index (χ0v) is 11.8. The number of amides is 1. The second kappa shape index (κ2) is 5.65. The van der Waals surface area contributed by atoms with Crippen LogP contribution in [0.2, 0.25) is 0 Å². The zero-order valence-electron chi connectivity index (χ0n) is 11.0. The lowest BCUT2D eigenvalue weighted by Crippen LogP contribution is -2.37. The molecule has 0 radical (unpaired) electrons. The van der Waals surface area contributed by atoms with Crippen LogP contribution in [-0.2, 0) is 4.79 Å². The molecule has 1 aromatic carbocycles. The summed E-state index contributed by atoms with van der Waals surface area (Å²) in [6.07, 6.45) is 2.46. The van der Waals surface area contributed by atoms with Crippen molar-refractivity contribution in [2.24, 2.45) is 5.92 Å². The molecule has 2 atom stereocenters. The molecule has 0 aliphatic carbocycles. The van der Waals surface area contributed by atoms with Crippen molar-refractivity contribution in [3.8, 4) is 0 Å². The van der Waals surface area contributed by atoms with Crippen LogP contribution in [0.4, 0.5) is 0 Å². The molecule has 5 heteroatoms. The first-order valence-electron chi connectivity index (χ1n) is 6.23. The molecular formula is C14H17NO3S. The van der Waals surface area contributed by atoms with Gasteiger partial charge in [0.2, 0.25) is 0 Å². The zero-order chi connectivity index (χ0) is 14.0. The van der Waals surface area contributed by atoms with E-state index in [1.807, 2.05) is 31.4 Å². The van der Waals surface area contributed by atoms with Gasteiger partial charge in [-0.3, -0.25) is 9.59 Å². The molecule has 1 fully saturated rings. The lowest BCUT2D eigenvalue weighted by atomic mass is 10.0. The topological polar surface area (TPSA) is 57.6 Å². The third-order valence-corrected chi connectivity index (χ3v) is 4.47. The minimum atomic E-state index is -0.819. The van der Waals surface area contributed by atoms with Crippen LogP contribution in [-0.4, -0.2) is 40.7 Å². The average Bonchev–Trinajstić information content (AvgIpc) is 2.80. The van der Waals surface area contributed by atoms with Crippen molar-refractivity contribution < 1.29 is 14.7 Å². The number of aliphatic carboxylic acids is 1. The molecule has 19 heavy (non-hydrogen) atoms. The largest absolute Gasteiger partial charge is 0.481 e. The molecule has 1 N–H and O–H groups in total. The SMILES string of the molecule is CSc1ccccc1C(=O)N1CCC(C(=O)O)C1C. The minimum absolute atomic E-state index is 0.0683. The van der Waals surface area contributed by atoms with Crippen LogP contribution in [0.5, 0.6) is 0 Å². The molecule has 1 saturated heterocycles. The van der Waals surface area contributed by atoms with Crippen LogP contribution in [0.15, 0.2) is 29.2 Å². The van der Waals surface area contributed by atoms with Crippen LogP contribution in [0, 0.1) is 5.92 Å². The third kappa shape index (κ3) is 2.61. The molecule has 1 aromatic rings. The van der Waals surface area contributed by atoms with Crippen molar-refractivity contribution in [3.05, 3.63) is 29.8 Å². The van der Waals surface area contributed by atoms with Crippen LogP contribution < -0.4 is 0 Å². The summed E-state index contributed by atoms with van der Waals surface area (Å²) < 4.78 is 0. The maximum atomic E-state index is 12.5. The second-order valence-electron chi connectivity index (χ2n) is 4.67. The van der Waals surface area contributed by atoms with Gasteiger partial charge in [-0.15, -0.1) is 11.8 Å². The lowest BCUT2D eigenvalue weighted by molar-refractivity contribution is -0.142. The maximum absolute atomic E-state index is 12.5. The van der Waals surface area contributed by atoms with E-state index in [0.717, 1.165) is 4.90 Å². The molecule has 102 valence electrons. The first kappa shape index (κ1) is 13.9. The van der Waals surface area contributed by atoms with Crippen molar-refractivity contribution in [1.29, 1.82) is 0 Å². The van der Waals surface area contributed by atoms with Gasteiger partial charge in [-0.05, 0) is 31.7 Å². The fourth-order valence-electron chi connectivity index (χ4n) is 2.53. The van der Waals surface area contributed by atoms with E-state index in [-0.39, 0.29) is 11.9 Å². The van der Waals surface area contributed by atoms with Crippen LogP contribution >= 0.6 is 11.8 Å². The first-order chi connectivity index (χ1) is 9.06. The number of benzene rings is 1.